The van der Waals surface area contributed by atoms with Crippen LogP contribution in [0.5, 0.6) is 0 Å². The number of rotatable bonds is 5. The summed E-state index contributed by atoms with van der Waals surface area (Å²) >= 11 is 1.67. The van der Waals surface area contributed by atoms with Gasteiger partial charge in [-0.2, -0.15) is 11.3 Å². The van der Waals surface area contributed by atoms with Gasteiger partial charge in [0.25, 0.3) is 5.91 Å². The SMILES string of the molecule is CN(C)[C@H](CNC(=O)c1ccc2ccccc2n1)c1ccsc1. The van der Waals surface area contributed by atoms with E-state index in [1.807, 2.05) is 44.4 Å². The largest absolute Gasteiger partial charge is 0.349 e. The number of amides is 1. The lowest BCUT2D eigenvalue weighted by Crippen LogP contribution is -2.34. The van der Waals surface area contributed by atoms with Crippen LogP contribution in [-0.2, 0) is 0 Å². The quantitative estimate of drug-likeness (QED) is 0.782. The normalized spacial score (nSPS) is 12.5. The third kappa shape index (κ3) is 3.57. The van der Waals surface area contributed by atoms with Gasteiger partial charge in [-0.15, -0.1) is 0 Å². The molecular formula is C18H19N3OS. The third-order valence-corrected chi connectivity index (χ3v) is 4.54. The zero-order valence-corrected chi connectivity index (χ0v) is 14.0. The van der Waals surface area contributed by atoms with E-state index in [2.05, 4.69) is 32.0 Å². The van der Waals surface area contributed by atoms with Crippen molar-refractivity contribution >= 4 is 28.1 Å². The predicted octanol–water partition coefficient (Wildman–Crippen LogP) is 3.33. The number of nitrogens with one attached hydrogen (secondary N) is 1. The van der Waals surface area contributed by atoms with E-state index in [1.54, 1.807) is 17.4 Å². The summed E-state index contributed by atoms with van der Waals surface area (Å²) in [6, 6.07) is 13.7. The second-order valence-electron chi connectivity index (χ2n) is 5.64. The van der Waals surface area contributed by atoms with Crippen molar-refractivity contribution in [2.45, 2.75) is 6.04 Å². The van der Waals surface area contributed by atoms with Crippen LogP contribution >= 0.6 is 11.3 Å². The standard InChI is InChI=1S/C18H19N3OS/c1-21(2)17(14-9-10-23-12-14)11-19-18(22)16-8-7-13-5-3-4-6-15(13)20-16/h3-10,12,17H,11H2,1-2H3,(H,19,22)/t17-/m1/s1. The highest BCUT2D eigenvalue weighted by Gasteiger charge is 2.16. The van der Waals surface area contributed by atoms with Crippen molar-refractivity contribution in [2.75, 3.05) is 20.6 Å². The predicted molar refractivity (Wildman–Crippen MR) is 94.8 cm³/mol. The minimum atomic E-state index is -0.141. The van der Waals surface area contributed by atoms with E-state index < -0.39 is 0 Å². The molecule has 0 bridgehead atoms. The number of carbonyl (C=O) groups excluding carboxylic acids is 1. The van der Waals surface area contributed by atoms with Gasteiger partial charge in [0.2, 0.25) is 0 Å². The summed E-state index contributed by atoms with van der Waals surface area (Å²) in [6.45, 7) is 0.553. The van der Waals surface area contributed by atoms with E-state index in [9.17, 15) is 4.79 Å². The average Bonchev–Trinajstić information content (AvgIpc) is 3.08. The minimum absolute atomic E-state index is 0.141. The fraction of sp³-hybridized carbons (Fsp3) is 0.222. The van der Waals surface area contributed by atoms with Crippen LogP contribution in [0.2, 0.25) is 0 Å². The summed E-state index contributed by atoms with van der Waals surface area (Å²) in [7, 11) is 4.03. The molecule has 0 aliphatic heterocycles. The molecule has 23 heavy (non-hydrogen) atoms. The summed E-state index contributed by atoms with van der Waals surface area (Å²) in [5.74, 6) is -0.141. The average molecular weight is 325 g/mol. The molecule has 1 aromatic carbocycles. The number of benzene rings is 1. The molecule has 1 N–H and O–H groups in total. The van der Waals surface area contributed by atoms with Crippen molar-refractivity contribution in [3.8, 4) is 0 Å². The highest BCUT2D eigenvalue weighted by molar-refractivity contribution is 7.07. The van der Waals surface area contributed by atoms with Crippen molar-refractivity contribution in [1.82, 2.24) is 15.2 Å². The number of thiophene rings is 1. The summed E-state index contributed by atoms with van der Waals surface area (Å²) in [5, 5.41) is 8.20. The molecule has 0 spiro atoms. The Labute approximate surface area is 139 Å². The fourth-order valence-electron chi connectivity index (χ4n) is 2.54. The first-order valence-corrected chi connectivity index (χ1v) is 8.42. The fourth-order valence-corrected chi connectivity index (χ4v) is 3.24. The van der Waals surface area contributed by atoms with Gasteiger partial charge in [0.05, 0.1) is 11.6 Å². The molecule has 0 radical (unpaired) electrons. The first-order valence-electron chi connectivity index (χ1n) is 7.47. The maximum absolute atomic E-state index is 12.4. The molecule has 0 saturated carbocycles. The van der Waals surface area contributed by atoms with E-state index in [0.29, 0.717) is 12.2 Å². The Balaban J connectivity index is 1.72. The lowest BCUT2D eigenvalue weighted by atomic mass is 10.1. The van der Waals surface area contributed by atoms with Crippen molar-refractivity contribution in [1.29, 1.82) is 0 Å². The number of para-hydroxylation sites is 1. The van der Waals surface area contributed by atoms with Crippen LogP contribution in [0.1, 0.15) is 22.1 Å². The van der Waals surface area contributed by atoms with Crippen molar-refractivity contribution in [3.63, 3.8) is 0 Å². The van der Waals surface area contributed by atoms with Crippen molar-refractivity contribution in [2.24, 2.45) is 0 Å². The topological polar surface area (TPSA) is 45.2 Å². The van der Waals surface area contributed by atoms with E-state index in [-0.39, 0.29) is 11.9 Å². The number of aromatic nitrogens is 1. The molecule has 0 fully saturated rings. The Bertz CT molecular complexity index is 799. The summed E-state index contributed by atoms with van der Waals surface area (Å²) < 4.78 is 0. The number of hydrogen-bond donors (Lipinski definition) is 1. The maximum Gasteiger partial charge on any atom is 0.269 e. The van der Waals surface area contributed by atoms with Gasteiger partial charge in [0.1, 0.15) is 5.69 Å². The molecule has 2 heterocycles. The lowest BCUT2D eigenvalue weighted by molar-refractivity contribution is 0.0937. The zero-order valence-electron chi connectivity index (χ0n) is 13.2. The summed E-state index contributed by atoms with van der Waals surface area (Å²) in [6.07, 6.45) is 0. The van der Waals surface area contributed by atoms with Crippen LogP contribution in [0.25, 0.3) is 10.9 Å². The van der Waals surface area contributed by atoms with Gasteiger partial charge in [-0.3, -0.25) is 4.79 Å². The highest BCUT2D eigenvalue weighted by atomic mass is 32.1. The number of pyridine rings is 1. The maximum atomic E-state index is 12.4. The third-order valence-electron chi connectivity index (χ3n) is 3.84. The lowest BCUT2D eigenvalue weighted by Gasteiger charge is -2.23. The molecule has 2 aromatic heterocycles. The van der Waals surface area contributed by atoms with Gasteiger partial charge in [0, 0.05) is 11.9 Å². The van der Waals surface area contributed by atoms with Crippen LogP contribution in [-0.4, -0.2) is 36.4 Å². The molecule has 3 aromatic rings. The second-order valence-corrected chi connectivity index (χ2v) is 6.42. The van der Waals surface area contributed by atoms with E-state index >= 15 is 0 Å². The van der Waals surface area contributed by atoms with Crippen LogP contribution in [0, 0.1) is 0 Å². The molecular weight excluding hydrogens is 306 g/mol. The van der Waals surface area contributed by atoms with Crippen molar-refractivity contribution in [3.05, 3.63) is 64.5 Å². The Morgan fingerprint density at radius 1 is 1.22 bits per heavy atom. The first-order chi connectivity index (χ1) is 11.1. The Kier molecular flexibility index (Phi) is 4.69. The van der Waals surface area contributed by atoms with Gasteiger partial charge in [-0.1, -0.05) is 24.3 Å². The highest BCUT2D eigenvalue weighted by Crippen LogP contribution is 2.20. The molecule has 3 rings (SSSR count). The van der Waals surface area contributed by atoms with Gasteiger partial charge < -0.3 is 10.2 Å². The molecule has 0 unspecified atom stereocenters. The zero-order chi connectivity index (χ0) is 16.2. The second kappa shape index (κ2) is 6.89. The molecule has 0 aliphatic rings. The summed E-state index contributed by atoms with van der Waals surface area (Å²) in [5.41, 5.74) is 2.50. The number of carbonyl (C=O) groups is 1. The minimum Gasteiger partial charge on any atom is -0.349 e. The van der Waals surface area contributed by atoms with Crippen LogP contribution < -0.4 is 5.32 Å². The number of likely N-dealkylation sites (N-methyl/N-ethyl adjacent to an activating group) is 1. The number of fused-ring (bicyclic) bond motifs is 1. The van der Waals surface area contributed by atoms with Gasteiger partial charge in [-0.05, 0) is 48.6 Å². The van der Waals surface area contributed by atoms with Gasteiger partial charge in [-0.25, -0.2) is 4.98 Å². The van der Waals surface area contributed by atoms with Crippen molar-refractivity contribution < 1.29 is 4.79 Å². The summed E-state index contributed by atoms with van der Waals surface area (Å²) in [4.78, 5) is 18.9. The Hall–Kier alpha value is -2.24. The van der Waals surface area contributed by atoms with E-state index in [4.69, 9.17) is 0 Å². The Morgan fingerprint density at radius 3 is 2.78 bits per heavy atom. The molecule has 118 valence electrons. The van der Waals surface area contributed by atoms with Gasteiger partial charge in [0.15, 0.2) is 0 Å². The monoisotopic (exact) mass is 325 g/mol. The van der Waals surface area contributed by atoms with Crippen LogP contribution in [0.3, 0.4) is 0 Å². The van der Waals surface area contributed by atoms with Crippen LogP contribution in [0.15, 0.2) is 53.2 Å². The number of hydrogen-bond acceptors (Lipinski definition) is 4. The molecule has 4 nitrogen and oxygen atoms in total. The Morgan fingerprint density at radius 2 is 2.04 bits per heavy atom. The van der Waals surface area contributed by atoms with E-state index in [0.717, 1.165) is 10.9 Å². The molecule has 5 heteroatoms. The number of nitrogens with zero attached hydrogens (tertiary/aromatic N) is 2. The molecule has 0 saturated heterocycles. The van der Waals surface area contributed by atoms with Gasteiger partial charge >= 0.3 is 0 Å². The molecule has 0 aliphatic carbocycles. The molecule has 1 amide bonds. The van der Waals surface area contributed by atoms with E-state index in [1.165, 1.54) is 5.56 Å². The first kappa shape index (κ1) is 15.6. The molecule has 1 atom stereocenters. The smallest absolute Gasteiger partial charge is 0.269 e. The van der Waals surface area contributed by atoms with Crippen LogP contribution in [0.4, 0.5) is 0 Å².